The van der Waals surface area contributed by atoms with Gasteiger partial charge in [0.05, 0.1) is 5.69 Å². The van der Waals surface area contributed by atoms with Crippen LogP contribution in [-0.2, 0) is 14.1 Å². The number of benzene rings is 1. The van der Waals surface area contributed by atoms with Crippen LogP contribution in [0.4, 0.5) is 0 Å². The number of aromatic hydroxyl groups is 1. The summed E-state index contributed by atoms with van der Waals surface area (Å²) in [6, 6.07) is 6.89. The number of rotatable bonds is 1. The monoisotopic (exact) mass is 325 g/mol. The highest BCUT2D eigenvalue weighted by Crippen LogP contribution is 2.26. The number of phenolic OH excluding ortho intramolecular Hbond substituents is 1. The molecule has 3 heterocycles. The maximum absolute atomic E-state index is 12.5. The minimum atomic E-state index is -0.431. The third-order valence-electron chi connectivity index (χ3n) is 4.26. The van der Waals surface area contributed by atoms with Crippen molar-refractivity contribution in [2.45, 2.75) is 6.92 Å². The van der Waals surface area contributed by atoms with Crippen LogP contribution in [0.3, 0.4) is 0 Å². The summed E-state index contributed by atoms with van der Waals surface area (Å²) in [6.07, 6.45) is 1.77. The van der Waals surface area contributed by atoms with Crippen LogP contribution < -0.4 is 11.2 Å². The van der Waals surface area contributed by atoms with Crippen molar-refractivity contribution in [3.63, 3.8) is 0 Å². The van der Waals surface area contributed by atoms with Crippen LogP contribution in [0.25, 0.3) is 22.6 Å². The molecule has 1 N–H and O–H groups in total. The van der Waals surface area contributed by atoms with Crippen molar-refractivity contribution in [2.24, 2.45) is 14.1 Å². The minimum Gasteiger partial charge on any atom is -0.506 e. The molecule has 0 fully saturated rings. The van der Waals surface area contributed by atoms with Crippen molar-refractivity contribution in [1.29, 1.82) is 0 Å². The number of para-hydroxylation sites is 2. The zero-order chi connectivity index (χ0) is 17.2. The van der Waals surface area contributed by atoms with E-state index in [-0.39, 0.29) is 5.75 Å². The molecule has 0 aliphatic heterocycles. The van der Waals surface area contributed by atoms with Crippen LogP contribution in [-0.4, -0.2) is 28.2 Å². The second kappa shape index (κ2) is 4.60. The van der Waals surface area contributed by atoms with Gasteiger partial charge in [-0.2, -0.15) is 4.98 Å². The molecule has 0 unspecified atom stereocenters. The van der Waals surface area contributed by atoms with Gasteiger partial charge in [0.15, 0.2) is 11.2 Å². The van der Waals surface area contributed by atoms with Gasteiger partial charge in [0.1, 0.15) is 5.75 Å². The molecule has 0 bridgehead atoms. The Morgan fingerprint density at radius 1 is 1.08 bits per heavy atom. The lowest BCUT2D eigenvalue weighted by Crippen LogP contribution is -2.37. The number of hydrogen-bond acceptors (Lipinski definition) is 4. The molecular weight excluding hydrogens is 310 g/mol. The fourth-order valence-corrected chi connectivity index (χ4v) is 3.04. The predicted molar refractivity (Wildman–Crippen MR) is 88.9 cm³/mol. The fourth-order valence-electron chi connectivity index (χ4n) is 3.04. The first-order chi connectivity index (χ1) is 11.4. The molecule has 24 heavy (non-hydrogen) atoms. The number of hydrogen-bond donors (Lipinski definition) is 1. The molecule has 3 aromatic heterocycles. The van der Waals surface area contributed by atoms with Crippen molar-refractivity contribution in [2.75, 3.05) is 0 Å². The van der Waals surface area contributed by atoms with Crippen LogP contribution >= 0.6 is 0 Å². The second-order valence-corrected chi connectivity index (χ2v) is 5.75. The molecule has 4 aromatic rings. The number of phenols is 1. The number of imidazole rings is 2. The Balaban J connectivity index is 2.24. The number of nitrogens with zero attached hydrogens (tertiary/aromatic N) is 5. The lowest BCUT2D eigenvalue weighted by Gasteiger charge is -2.07. The van der Waals surface area contributed by atoms with E-state index in [4.69, 9.17) is 0 Å². The van der Waals surface area contributed by atoms with Gasteiger partial charge in [-0.25, -0.2) is 4.79 Å². The molecule has 122 valence electrons. The summed E-state index contributed by atoms with van der Waals surface area (Å²) in [6.45, 7) is 1.86. The molecule has 8 nitrogen and oxygen atoms in total. The quantitative estimate of drug-likeness (QED) is 0.558. The van der Waals surface area contributed by atoms with Crippen molar-refractivity contribution in [3.8, 4) is 11.4 Å². The first-order valence-corrected chi connectivity index (χ1v) is 7.36. The van der Waals surface area contributed by atoms with Crippen LogP contribution in [0.2, 0.25) is 0 Å². The summed E-state index contributed by atoms with van der Waals surface area (Å²) in [7, 11) is 3.02. The lowest BCUT2D eigenvalue weighted by molar-refractivity contribution is 0.472. The molecule has 0 amide bonds. The average molecular weight is 325 g/mol. The van der Waals surface area contributed by atoms with Crippen LogP contribution in [0.15, 0.2) is 40.1 Å². The van der Waals surface area contributed by atoms with Gasteiger partial charge < -0.3 is 5.11 Å². The highest BCUT2D eigenvalue weighted by Gasteiger charge is 2.20. The minimum absolute atomic E-state index is 0.104. The van der Waals surface area contributed by atoms with Gasteiger partial charge >= 0.3 is 5.69 Å². The van der Waals surface area contributed by atoms with Gasteiger partial charge in [-0.1, -0.05) is 12.1 Å². The zero-order valence-electron chi connectivity index (χ0n) is 13.4. The third kappa shape index (κ3) is 1.65. The number of fused-ring (bicyclic) bond motifs is 3. The Hall–Kier alpha value is -3.29. The maximum Gasteiger partial charge on any atom is 0.332 e. The third-order valence-corrected chi connectivity index (χ3v) is 4.26. The summed E-state index contributed by atoms with van der Waals surface area (Å²) >= 11 is 0. The number of aromatic nitrogens is 5. The first kappa shape index (κ1) is 14.3. The van der Waals surface area contributed by atoms with Gasteiger partial charge in [-0.05, 0) is 19.1 Å². The zero-order valence-corrected chi connectivity index (χ0v) is 13.4. The van der Waals surface area contributed by atoms with Gasteiger partial charge in [0.2, 0.25) is 5.78 Å². The molecule has 0 radical (unpaired) electrons. The summed E-state index contributed by atoms with van der Waals surface area (Å²) < 4.78 is 5.80. The molecule has 0 aliphatic rings. The van der Waals surface area contributed by atoms with Crippen LogP contribution in [0.1, 0.15) is 5.69 Å². The Bertz CT molecular complexity index is 1240. The molecule has 0 saturated heterocycles. The first-order valence-electron chi connectivity index (χ1n) is 7.36. The molecule has 4 rings (SSSR count). The van der Waals surface area contributed by atoms with Crippen molar-refractivity contribution in [1.82, 2.24) is 23.1 Å². The van der Waals surface area contributed by atoms with Crippen molar-refractivity contribution in [3.05, 3.63) is 57.0 Å². The molecule has 0 spiro atoms. The molecule has 1 aromatic carbocycles. The van der Waals surface area contributed by atoms with E-state index in [1.807, 2.05) is 13.0 Å². The highest BCUT2D eigenvalue weighted by atomic mass is 16.3. The summed E-state index contributed by atoms with van der Waals surface area (Å²) in [5.74, 6) is 0.565. The maximum atomic E-state index is 12.5. The van der Waals surface area contributed by atoms with Gasteiger partial charge in [-0.15, -0.1) is 0 Å². The van der Waals surface area contributed by atoms with E-state index in [9.17, 15) is 14.7 Å². The van der Waals surface area contributed by atoms with Crippen LogP contribution in [0.5, 0.6) is 5.75 Å². The SMILES string of the molecule is Cc1cn2c3c(=O)n(C)c(=O)n(C)c3nc2n1-c1ccccc1O. The van der Waals surface area contributed by atoms with E-state index in [0.29, 0.717) is 22.6 Å². The van der Waals surface area contributed by atoms with Crippen molar-refractivity contribution >= 4 is 16.9 Å². The standard InChI is InChI=1S/C16H15N5O3/c1-9-8-20-12-13(18(2)16(24)19(3)14(12)23)17-15(20)21(9)10-6-4-5-7-11(10)22/h4-8,22H,1-3H3. The lowest BCUT2D eigenvalue weighted by atomic mass is 10.3. The van der Waals surface area contributed by atoms with Gasteiger partial charge in [0, 0.05) is 26.0 Å². The Labute approximate surface area is 135 Å². The van der Waals surface area contributed by atoms with E-state index < -0.39 is 11.2 Å². The molecule has 0 aliphatic carbocycles. The Morgan fingerprint density at radius 2 is 1.79 bits per heavy atom. The fraction of sp³-hybridized carbons (Fsp3) is 0.188. The molecule has 0 atom stereocenters. The molecular formula is C16H15N5O3. The van der Waals surface area contributed by atoms with Gasteiger partial charge in [0.25, 0.3) is 5.56 Å². The Kier molecular flexibility index (Phi) is 2.75. The second-order valence-electron chi connectivity index (χ2n) is 5.75. The summed E-state index contributed by atoms with van der Waals surface area (Å²) in [5, 5.41) is 10.2. The highest BCUT2D eigenvalue weighted by molar-refractivity contribution is 5.76. The van der Waals surface area contributed by atoms with E-state index in [0.717, 1.165) is 10.3 Å². The van der Waals surface area contributed by atoms with Gasteiger partial charge in [-0.3, -0.25) is 22.9 Å². The summed E-state index contributed by atoms with van der Waals surface area (Å²) in [5.41, 5.74) is 1.15. The smallest absolute Gasteiger partial charge is 0.332 e. The average Bonchev–Trinajstić information content (AvgIpc) is 3.06. The molecule has 0 saturated carbocycles. The summed E-state index contributed by atoms with van der Waals surface area (Å²) in [4.78, 5) is 29.1. The van der Waals surface area contributed by atoms with Crippen LogP contribution in [0, 0.1) is 6.92 Å². The van der Waals surface area contributed by atoms with E-state index >= 15 is 0 Å². The molecule has 8 heteroatoms. The largest absolute Gasteiger partial charge is 0.506 e. The van der Waals surface area contributed by atoms with Crippen molar-refractivity contribution < 1.29 is 5.11 Å². The number of aryl methyl sites for hydroxylation is 2. The van der Waals surface area contributed by atoms with E-state index in [2.05, 4.69) is 4.98 Å². The topological polar surface area (TPSA) is 86.5 Å². The normalized spacial score (nSPS) is 11.6. The van der Waals surface area contributed by atoms with E-state index in [1.54, 1.807) is 40.4 Å². The predicted octanol–water partition coefficient (Wildman–Crippen LogP) is 0.690. The Morgan fingerprint density at radius 3 is 2.50 bits per heavy atom. The van der Waals surface area contributed by atoms with E-state index in [1.165, 1.54) is 11.6 Å².